The number of allylic oxidation sites excluding steroid dienone is 4. The first-order valence-corrected chi connectivity index (χ1v) is 24.9. The third-order valence-corrected chi connectivity index (χ3v) is 11.2. The minimum atomic E-state index is -4.76. The number of hydrogen-bond acceptors (Lipinski definition) is 8. The van der Waals surface area contributed by atoms with Gasteiger partial charge in [-0.05, 0) is 44.9 Å². The first kappa shape index (κ1) is 56.0. The fourth-order valence-corrected chi connectivity index (χ4v) is 7.35. The Morgan fingerprint density at radius 3 is 1.43 bits per heavy atom. The molecule has 3 unspecified atom stereocenters. The Bertz CT molecular complexity index is 1080. The standard InChI is InChI=1S/C46H86NO10P/c1-3-5-7-9-11-13-15-17-19-20-21-22-24-25-27-29-31-33-35-37-44(49)47-43(46(51)52)41-57-58(53,54)56-40-42(48)39-55-45(50)38-36-34-32-30-28-26-23-18-16-14-12-10-8-6-4-2/h12,14,18,23,42-43,48H,3-11,13,15-17,19-22,24-41H2,1-2H3,(H,47,49)(H,51,52)(H,53,54)/b14-12-,23-18-. The van der Waals surface area contributed by atoms with Crippen molar-refractivity contribution in [1.29, 1.82) is 0 Å². The van der Waals surface area contributed by atoms with E-state index in [0.717, 1.165) is 64.2 Å². The molecule has 12 heteroatoms. The second-order valence-electron chi connectivity index (χ2n) is 15.9. The van der Waals surface area contributed by atoms with Crippen molar-refractivity contribution in [1.82, 2.24) is 5.32 Å². The van der Waals surface area contributed by atoms with Gasteiger partial charge in [-0.15, -0.1) is 0 Å². The van der Waals surface area contributed by atoms with Crippen LogP contribution in [0.15, 0.2) is 24.3 Å². The summed E-state index contributed by atoms with van der Waals surface area (Å²) < 4.78 is 26.9. The summed E-state index contributed by atoms with van der Waals surface area (Å²) >= 11 is 0. The highest BCUT2D eigenvalue weighted by atomic mass is 31.2. The molecule has 4 N–H and O–H groups in total. The van der Waals surface area contributed by atoms with Crippen LogP contribution in [-0.2, 0) is 32.7 Å². The van der Waals surface area contributed by atoms with Crippen molar-refractivity contribution in [3.8, 4) is 0 Å². The zero-order chi connectivity index (χ0) is 42.8. The highest BCUT2D eigenvalue weighted by Gasteiger charge is 2.28. The highest BCUT2D eigenvalue weighted by molar-refractivity contribution is 7.47. The van der Waals surface area contributed by atoms with Crippen LogP contribution >= 0.6 is 7.82 Å². The molecule has 0 aromatic rings. The molecule has 11 nitrogen and oxygen atoms in total. The molecule has 0 aromatic carbocycles. The number of aliphatic hydroxyl groups is 1. The molecule has 0 fully saturated rings. The van der Waals surface area contributed by atoms with Crippen LogP contribution in [0.4, 0.5) is 0 Å². The third kappa shape index (κ3) is 40.7. The molecule has 0 aliphatic rings. The molecule has 3 atom stereocenters. The lowest BCUT2D eigenvalue weighted by atomic mass is 10.0. The lowest BCUT2D eigenvalue weighted by Gasteiger charge is -2.18. The number of aliphatic hydroxyl groups excluding tert-OH is 1. The molecule has 1 amide bonds. The number of phosphoric ester groups is 1. The van der Waals surface area contributed by atoms with E-state index in [-0.39, 0.29) is 12.8 Å². The zero-order valence-electron chi connectivity index (χ0n) is 36.9. The van der Waals surface area contributed by atoms with Gasteiger partial charge in [0, 0.05) is 12.8 Å². The van der Waals surface area contributed by atoms with Gasteiger partial charge in [0.1, 0.15) is 12.7 Å². The van der Waals surface area contributed by atoms with Crippen molar-refractivity contribution in [2.75, 3.05) is 19.8 Å². The van der Waals surface area contributed by atoms with E-state index in [1.165, 1.54) is 116 Å². The summed E-state index contributed by atoms with van der Waals surface area (Å²) in [6.45, 7) is 2.58. The lowest BCUT2D eigenvalue weighted by Crippen LogP contribution is -2.43. The van der Waals surface area contributed by atoms with E-state index >= 15 is 0 Å². The molecule has 0 radical (unpaired) electrons. The van der Waals surface area contributed by atoms with E-state index in [1.807, 2.05) is 0 Å². The van der Waals surface area contributed by atoms with Gasteiger partial charge in [-0.25, -0.2) is 9.36 Å². The molecule has 0 aromatic heterocycles. The smallest absolute Gasteiger partial charge is 0.472 e. The molecule has 0 bridgehead atoms. The van der Waals surface area contributed by atoms with Gasteiger partial charge in [0.25, 0.3) is 0 Å². The molecule has 0 rings (SSSR count). The molecule has 340 valence electrons. The Hall–Kier alpha value is -2.04. The number of carboxylic acids is 1. The number of amides is 1. The molecular formula is C46H86NO10P. The fourth-order valence-electron chi connectivity index (χ4n) is 6.58. The first-order valence-electron chi connectivity index (χ1n) is 23.4. The second-order valence-corrected chi connectivity index (χ2v) is 17.4. The lowest BCUT2D eigenvalue weighted by molar-refractivity contribution is -0.147. The number of carbonyl (C=O) groups is 3. The number of carbonyl (C=O) groups excluding carboxylic acids is 2. The number of rotatable bonds is 44. The number of aliphatic carboxylic acids is 1. The molecule has 58 heavy (non-hydrogen) atoms. The number of esters is 1. The zero-order valence-corrected chi connectivity index (χ0v) is 37.8. The summed E-state index contributed by atoms with van der Waals surface area (Å²) in [5.74, 6) is -2.38. The van der Waals surface area contributed by atoms with E-state index in [4.69, 9.17) is 13.8 Å². The quantitative estimate of drug-likeness (QED) is 0.0200. The summed E-state index contributed by atoms with van der Waals surface area (Å²) in [5, 5.41) is 21.9. The van der Waals surface area contributed by atoms with Crippen LogP contribution in [0.25, 0.3) is 0 Å². The van der Waals surface area contributed by atoms with Crippen LogP contribution in [0.5, 0.6) is 0 Å². The van der Waals surface area contributed by atoms with Crippen molar-refractivity contribution in [3.63, 3.8) is 0 Å². The SMILES string of the molecule is CCCCC/C=C\C/C=C\CCCCCCCC(=O)OCC(O)COP(=O)(O)OCC(NC(=O)CCCCCCCCCCCCCCCCCCCCC)C(=O)O. The first-order chi connectivity index (χ1) is 28.1. The van der Waals surface area contributed by atoms with Crippen LogP contribution in [0.2, 0.25) is 0 Å². The van der Waals surface area contributed by atoms with Gasteiger partial charge in [-0.2, -0.15) is 0 Å². The van der Waals surface area contributed by atoms with Crippen molar-refractivity contribution >= 4 is 25.7 Å². The maximum atomic E-state index is 12.3. The van der Waals surface area contributed by atoms with Crippen molar-refractivity contribution < 1.29 is 47.8 Å². The largest absolute Gasteiger partial charge is 0.480 e. The van der Waals surface area contributed by atoms with Crippen molar-refractivity contribution in [2.45, 2.75) is 231 Å². The van der Waals surface area contributed by atoms with Crippen LogP contribution in [0, 0.1) is 0 Å². The minimum Gasteiger partial charge on any atom is -0.480 e. The van der Waals surface area contributed by atoms with Crippen molar-refractivity contribution in [3.05, 3.63) is 24.3 Å². The molecule has 0 heterocycles. The number of nitrogens with one attached hydrogen (secondary N) is 1. The average Bonchev–Trinajstić information content (AvgIpc) is 3.20. The molecule has 0 spiro atoms. The predicted molar refractivity (Wildman–Crippen MR) is 236 cm³/mol. The van der Waals surface area contributed by atoms with E-state index < -0.39 is 57.6 Å². The maximum absolute atomic E-state index is 12.3. The van der Waals surface area contributed by atoms with Gasteiger partial charge in [0.15, 0.2) is 6.04 Å². The Morgan fingerprint density at radius 2 is 0.948 bits per heavy atom. The second kappa shape index (κ2) is 41.7. The van der Waals surface area contributed by atoms with Gasteiger partial charge in [-0.1, -0.05) is 186 Å². The monoisotopic (exact) mass is 844 g/mol. The average molecular weight is 844 g/mol. The minimum absolute atomic E-state index is 0.149. The molecule has 0 saturated carbocycles. The van der Waals surface area contributed by atoms with Crippen LogP contribution in [0.3, 0.4) is 0 Å². The van der Waals surface area contributed by atoms with Gasteiger partial charge < -0.3 is 25.2 Å². The van der Waals surface area contributed by atoms with Gasteiger partial charge in [-0.3, -0.25) is 18.6 Å². The van der Waals surface area contributed by atoms with Crippen molar-refractivity contribution in [2.24, 2.45) is 0 Å². The number of ether oxygens (including phenoxy) is 1. The van der Waals surface area contributed by atoms with E-state index in [2.05, 4.69) is 43.5 Å². The summed E-state index contributed by atoms with van der Waals surface area (Å²) in [6.07, 6.45) is 43.4. The molecule has 0 saturated heterocycles. The third-order valence-electron chi connectivity index (χ3n) is 10.2. The summed E-state index contributed by atoms with van der Waals surface area (Å²) in [6, 6.07) is -1.54. The Kier molecular flexibility index (Phi) is 40.2. The Labute approximate surface area is 353 Å². The number of unbranched alkanes of at least 4 members (excludes halogenated alkanes) is 26. The summed E-state index contributed by atoms with van der Waals surface area (Å²) in [5.41, 5.74) is 0. The number of phosphoric acid groups is 1. The highest BCUT2D eigenvalue weighted by Crippen LogP contribution is 2.43. The van der Waals surface area contributed by atoms with Crippen LogP contribution < -0.4 is 5.32 Å². The maximum Gasteiger partial charge on any atom is 0.472 e. The molecule has 0 aliphatic heterocycles. The number of hydrogen-bond donors (Lipinski definition) is 4. The van der Waals surface area contributed by atoms with Gasteiger partial charge in [0.2, 0.25) is 5.91 Å². The van der Waals surface area contributed by atoms with Crippen LogP contribution in [0.1, 0.15) is 219 Å². The van der Waals surface area contributed by atoms with Crippen LogP contribution in [-0.4, -0.2) is 64.9 Å². The summed E-state index contributed by atoms with van der Waals surface area (Å²) in [7, 11) is -4.76. The Balaban J connectivity index is 3.87. The van der Waals surface area contributed by atoms with Gasteiger partial charge >= 0.3 is 19.8 Å². The molecular weight excluding hydrogens is 757 g/mol. The fraction of sp³-hybridized carbons (Fsp3) is 0.848. The molecule has 0 aliphatic carbocycles. The van der Waals surface area contributed by atoms with E-state index in [9.17, 15) is 34.1 Å². The summed E-state index contributed by atoms with van der Waals surface area (Å²) in [4.78, 5) is 46.0. The van der Waals surface area contributed by atoms with E-state index in [1.54, 1.807) is 0 Å². The number of carboxylic acid groups (broad SMARTS) is 1. The Morgan fingerprint density at radius 1 is 0.552 bits per heavy atom. The predicted octanol–water partition coefficient (Wildman–Crippen LogP) is 12.2. The van der Waals surface area contributed by atoms with E-state index in [0.29, 0.717) is 12.8 Å². The topological polar surface area (TPSA) is 169 Å². The van der Waals surface area contributed by atoms with Gasteiger partial charge in [0.05, 0.1) is 13.2 Å². The normalized spacial score (nSPS) is 13.9.